The number of likely N-dealkylation sites (tertiary alicyclic amines) is 2. The van der Waals surface area contributed by atoms with Gasteiger partial charge in [-0.25, -0.2) is 4.79 Å². The molecule has 126 valence electrons. The number of carbonyl (C=O) groups excluding carboxylic acids is 1. The molecule has 0 bridgehead atoms. The zero-order valence-corrected chi connectivity index (χ0v) is 14.3. The molecule has 0 aromatic carbocycles. The molecule has 1 aliphatic carbocycles. The third-order valence-corrected chi connectivity index (χ3v) is 4.92. The van der Waals surface area contributed by atoms with Crippen molar-refractivity contribution < 1.29 is 9.53 Å². The number of carbonyl (C=O) groups is 1. The summed E-state index contributed by atoms with van der Waals surface area (Å²) in [5.74, 6) is 0.788. The molecule has 0 aromatic heterocycles. The molecule has 22 heavy (non-hydrogen) atoms. The Labute approximate surface area is 134 Å². The van der Waals surface area contributed by atoms with E-state index in [-0.39, 0.29) is 6.09 Å². The second-order valence-electron chi connectivity index (χ2n) is 8.20. The molecule has 5 nitrogen and oxygen atoms in total. The SMILES string of the molecule is CC(C)(C)OC(=O)N1CCC(NCC2CCN(C3CC3)C2)C1. The molecule has 2 unspecified atom stereocenters. The van der Waals surface area contributed by atoms with E-state index < -0.39 is 5.60 Å². The summed E-state index contributed by atoms with van der Waals surface area (Å²) in [7, 11) is 0. The van der Waals surface area contributed by atoms with Crippen LogP contribution in [-0.2, 0) is 4.74 Å². The van der Waals surface area contributed by atoms with Crippen LogP contribution in [0.15, 0.2) is 0 Å². The summed E-state index contributed by atoms with van der Waals surface area (Å²) in [5.41, 5.74) is -0.404. The summed E-state index contributed by atoms with van der Waals surface area (Å²) < 4.78 is 5.45. The van der Waals surface area contributed by atoms with Gasteiger partial charge in [-0.2, -0.15) is 0 Å². The van der Waals surface area contributed by atoms with E-state index in [1.807, 2.05) is 25.7 Å². The number of rotatable bonds is 4. The largest absolute Gasteiger partial charge is 0.444 e. The highest BCUT2D eigenvalue weighted by Gasteiger charge is 2.35. The fourth-order valence-corrected chi connectivity index (χ4v) is 3.55. The number of nitrogens with one attached hydrogen (secondary N) is 1. The van der Waals surface area contributed by atoms with Crippen LogP contribution >= 0.6 is 0 Å². The maximum absolute atomic E-state index is 12.1. The van der Waals surface area contributed by atoms with E-state index in [1.165, 1.54) is 32.4 Å². The van der Waals surface area contributed by atoms with Crippen LogP contribution in [0.25, 0.3) is 0 Å². The van der Waals surface area contributed by atoms with Gasteiger partial charge in [-0.05, 0) is 65.5 Å². The highest BCUT2D eigenvalue weighted by atomic mass is 16.6. The molecule has 1 saturated carbocycles. The first-order chi connectivity index (χ1) is 10.4. The van der Waals surface area contributed by atoms with E-state index in [9.17, 15) is 4.79 Å². The molecule has 1 amide bonds. The van der Waals surface area contributed by atoms with E-state index in [2.05, 4.69) is 10.2 Å². The van der Waals surface area contributed by atoms with Gasteiger partial charge in [-0.15, -0.1) is 0 Å². The minimum atomic E-state index is -0.404. The lowest BCUT2D eigenvalue weighted by Gasteiger charge is -2.24. The summed E-state index contributed by atoms with van der Waals surface area (Å²) >= 11 is 0. The molecule has 3 fully saturated rings. The maximum atomic E-state index is 12.1. The van der Waals surface area contributed by atoms with E-state index >= 15 is 0 Å². The first kappa shape index (κ1) is 16.1. The molecular formula is C17H31N3O2. The van der Waals surface area contributed by atoms with Crippen LogP contribution < -0.4 is 5.32 Å². The highest BCUT2D eigenvalue weighted by Crippen LogP contribution is 2.31. The van der Waals surface area contributed by atoms with Crippen molar-refractivity contribution in [2.24, 2.45) is 5.92 Å². The summed E-state index contributed by atoms with van der Waals surface area (Å²) in [6.07, 6.45) is 5.02. The van der Waals surface area contributed by atoms with Crippen molar-refractivity contribution in [3.8, 4) is 0 Å². The maximum Gasteiger partial charge on any atom is 0.410 e. The zero-order chi connectivity index (χ0) is 15.7. The standard InChI is InChI=1S/C17H31N3O2/c1-17(2,3)22-16(21)20-9-7-14(12-20)18-10-13-6-8-19(11-13)15-4-5-15/h13-15,18H,4-12H2,1-3H3. The Balaban J connectivity index is 1.35. The van der Waals surface area contributed by atoms with Gasteiger partial charge >= 0.3 is 6.09 Å². The third-order valence-electron chi connectivity index (χ3n) is 4.92. The molecule has 3 aliphatic rings. The summed E-state index contributed by atoms with van der Waals surface area (Å²) in [6, 6.07) is 1.33. The van der Waals surface area contributed by atoms with Crippen molar-refractivity contribution in [2.45, 2.75) is 64.1 Å². The molecule has 0 spiro atoms. The van der Waals surface area contributed by atoms with Crippen LogP contribution in [0.1, 0.15) is 46.5 Å². The Hall–Kier alpha value is -0.810. The normalized spacial score (nSPS) is 30.0. The van der Waals surface area contributed by atoms with Crippen molar-refractivity contribution >= 4 is 6.09 Å². The summed E-state index contributed by atoms with van der Waals surface area (Å²) in [5, 5.41) is 3.67. The molecule has 5 heteroatoms. The zero-order valence-electron chi connectivity index (χ0n) is 14.3. The van der Waals surface area contributed by atoms with E-state index in [4.69, 9.17) is 4.74 Å². The van der Waals surface area contributed by atoms with Gasteiger partial charge in [-0.1, -0.05) is 0 Å². The van der Waals surface area contributed by atoms with Gasteiger partial charge in [0.1, 0.15) is 5.60 Å². The van der Waals surface area contributed by atoms with Crippen LogP contribution in [-0.4, -0.2) is 66.3 Å². The molecular weight excluding hydrogens is 278 g/mol. The van der Waals surface area contributed by atoms with Gasteiger partial charge in [-0.3, -0.25) is 0 Å². The average molecular weight is 309 g/mol. The smallest absolute Gasteiger partial charge is 0.410 e. The second-order valence-corrected chi connectivity index (χ2v) is 8.20. The molecule has 2 saturated heterocycles. The van der Waals surface area contributed by atoms with Gasteiger partial charge in [0.15, 0.2) is 0 Å². The minimum absolute atomic E-state index is 0.169. The molecule has 2 aliphatic heterocycles. The molecule has 3 rings (SSSR count). The quantitative estimate of drug-likeness (QED) is 0.863. The molecule has 0 radical (unpaired) electrons. The summed E-state index contributed by atoms with van der Waals surface area (Å²) in [4.78, 5) is 16.6. The van der Waals surface area contributed by atoms with E-state index in [0.29, 0.717) is 6.04 Å². The molecule has 2 heterocycles. The predicted molar refractivity (Wildman–Crippen MR) is 86.9 cm³/mol. The lowest BCUT2D eigenvalue weighted by molar-refractivity contribution is 0.0291. The van der Waals surface area contributed by atoms with Crippen molar-refractivity contribution in [1.82, 2.24) is 15.1 Å². The Bertz CT molecular complexity index is 403. The topological polar surface area (TPSA) is 44.8 Å². The van der Waals surface area contributed by atoms with Gasteiger partial charge in [0.05, 0.1) is 0 Å². The monoisotopic (exact) mass is 309 g/mol. The van der Waals surface area contributed by atoms with Crippen molar-refractivity contribution in [2.75, 3.05) is 32.7 Å². The van der Waals surface area contributed by atoms with Crippen LogP contribution in [0.5, 0.6) is 0 Å². The molecule has 0 aromatic rings. The van der Waals surface area contributed by atoms with Gasteiger partial charge < -0.3 is 19.9 Å². The van der Waals surface area contributed by atoms with Gasteiger partial charge in [0.25, 0.3) is 0 Å². The fraction of sp³-hybridized carbons (Fsp3) is 0.941. The Kier molecular flexibility index (Phi) is 4.64. The second kappa shape index (κ2) is 6.36. The van der Waals surface area contributed by atoms with Crippen LogP contribution in [0.4, 0.5) is 4.79 Å². The Morgan fingerprint density at radius 3 is 2.59 bits per heavy atom. The molecule has 2 atom stereocenters. The number of amides is 1. The van der Waals surface area contributed by atoms with E-state index in [0.717, 1.165) is 38.0 Å². The number of ether oxygens (including phenoxy) is 1. The highest BCUT2D eigenvalue weighted by molar-refractivity contribution is 5.68. The third kappa shape index (κ3) is 4.35. The summed E-state index contributed by atoms with van der Waals surface area (Å²) in [6.45, 7) is 11.0. The fourth-order valence-electron chi connectivity index (χ4n) is 3.55. The lowest BCUT2D eigenvalue weighted by Crippen LogP contribution is -2.39. The molecule has 1 N–H and O–H groups in total. The van der Waals surface area contributed by atoms with Crippen LogP contribution in [0, 0.1) is 5.92 Å². The predicted octanol–water partition coefficient (Wildman–Crippen LogP) is 2.07. The van der Waals surface area contributed by atoms with Crippen LogP contribution in [0.2, 0.25) is 0 Å². The van der Waals surface area contributed by atoms with Crippen molar-refractivity contribution in [1.29, 1.82) is 0 Å². The van der Waals surface area contributed by atoms with Crippen molar-refractivity contribution in [3.63, 3.8) is 0 Å². The Morgan fingerprint density at radius 2 is 1.91 bits per heavy atom. The van der Waals surface area contributed by atoms with Crippen molar-refractivity contribution in [3.05, 3.63) is 0 Å². The number of nitrogens with zero attached hydrogens (tertiary/aromatic N) is 2. The average Bonchev–Trinajstić information content (AvgIpc) is 2.99. The lowest BCUT2D eigenvalue weighted by atomic mass is 10.1. The van der Waals surface area contributed by atoms with E-state index in [1.54, 1.807) is 0 Å². The van der Waals surface area contributed by atoms with Crippen LogP contribution in [0.3, 0.4) is 0 Å². The number of hydrogen-bond donors (Lipinski definition) is 1. The number of hydrogen-bond acceptors (Lipinski definition) is 4. The first-order valence-electron chi connectivity index (χ1n) is 8.86. The minimum Gasteiger partial charge on any atom is -0.444 e. The van der Waals surface area contributed by atoms with Gasteiger partial charge in [0, 0.05) is 31.7 Å². The Morgan fingerprint density at radius 1 is 1.14 bits per heavy atom. The van der Waals surface area contributed by atoms with Gasteiger partial charge in [0.2, 0.25) is 0 Å². The first-order valence-corrected chi connectivity index (χ1v) is 8.86.